The Balaban J connectivity index is 1.91. The summed E-state index contributed by atoms with van der Waals surface area (Å²) in [5.74, 6) is -0.0886. The van der Waals surface area contributed by atoms with Crippen LogP contribution in [0.4, 0.5) is 11.4 Å². The average Bonchev–Trinajstić information content (AvgIpc) is 2.46. The van der Waals surface area contributed by atoms with Crippen LogP contribution in [0.25, 0.3) is 0 Å². The third kappa shape index (κ3) is 3.72. The Labute approximate surface area is 122 Å². The molecule has 0 aromatic heterocycles. The van der Waals surface area contributed by atoms with Crippen LogP contribution in [-0.4, -0.2) is 41.3 Å². The Kier molecular flexibility index (Phi) is 5.00. The lowest BCUT2D eigenvalue weighted by Gasteiger charge is -2.20. The molecule has 0 saturated carbocycles. The molecular formula is C14H21N3O2S. The molecule has 0 spiro atoms. The van der Waals surface area contributed by atoms with Crippen molar-refractivity contribution in [3.05, 3.63) is 23.8 Å². The van der Waals surface area contributed by atoms with Gasteiger partial charge in [-0.25, -0.2) is 0 Å². The van der Waals surface area contributed by atoms with Crippen molar-refractivity contribution in [3.8, 4) is 0 Å². The highest BCUT2D eigenvalue weighted by Crippen LogP contribution is 2.25. The predicted molar refractivity (Wildman–Crippen MR) is 83.9 cm³/mol. The molecule has 0 radical (unpaired) electrons. The normalized spacial score (nSPS) is 16.3. The van der Waals surface area contributed by atoms with E-state index in [1.165, 1.54) is 0 Å². The zero-order valence-electron chi connectivity index (χ0n) is 11.9. The molecular weight excluding hydrogens is 274 g/mol. The number of carbonyl (C=O) groups is 1. The van der Waals surface area contributed by atoms with Crippen LogP contribution in [0.5, 0.6) is 0 Å². The van der Waals surface area contributed by atoms with Crippen LogP contribution < -0.4 is 16.0 Å². The summed E-state index contributed by atoms with van der Waals surface area (Å²) in [6, 6.07) is 5.59. The number of amides is 1. The summed E-state index contributed by atoms with van der Waals surface area (Å²) in [5, 5.41) is 9.51. The minimum atomic E-state index is -0.841. The van der Waals surface area contributed by atoms with Crippen molar-refractivity contribution >= 4 is 28.1 Å². The van der Waals surface area contributed by atoms with Gasteiger partial charge in [0.1, 0.15) is 0 Å². The maximum Gasteiger partial charge on any atom is 0.251 e. The first kappa shape index (κ1) is 14.8. The minimum absolute atomic E-state index is 0.0886. The number of benzene rings is 1. The van der Waals surface area contributed by atoms with E-state index in [0.29, 0.717) is 12.1 Å². The molecule has 0 bridgehead atoms. The van der Waals surface area contributed by atoms with Gasteiger partial charge in [0, 0.05) is 47.5 Å². The van der Waals surface area contributed by atoms with Gasteiger partial charge in [-0.05, 0) is 24.6 Å². The van der Waals surface area contributed by atoms with Crippen molar-refractivity contribution < 1.29 is 9.00 Å². The summed E-state index contributed by atoms with van der Waals surface area (Å²) in [4.78, 5) is 12.0. The fraction of sp³-hybridized carbons (Fsp3) is 0.500. The van der Waals surface area contributed by atoms with Crippen molar-refractivity contribution in [2.45, 2.75) is 18.6 Å². The molecule has 1 aromatic carbocycles. The second-order valence-electron chi connectivity index (χ2n) is 4.97. The Morgan fingerprint density at radius 1 is 1.35 bits per heavy atom. The largest absolute Gasteiger partial charge is 0.382 e. The first-order valence-corrected chi connectivity index (χ1v) is 8.42. The summed E-state index contributed by atoms with van der Waals surface area (Å²) in [6.45, 7) is 4.22. The first-order chi connectivity index (χ1) is 9.58. The van der Waals surface area contributed by atoms with Gasteiger partial charge in [-0.3, -0.25) is 9.00 Å². The van der Waals surface area contributed by atoms with E-state index in [1.807, 2.05) is 25.1 Å². The highest BCUT2D eigenvalue weighted by molar-refractivity contribution is 7.84. The Morgan fingerprint density at radius 2 is 2.05 bits per heavy atom. The Hall–Kier alpha value is -1.56. The van der Waals surface area contributed by atoms with E-state index in [1.54, 1.807) is 6.26 Å². The van der Waals surface area contributed by atoms with Crippen molar-refractivity contribution in [1.29, 1.82) is 0 Å². The molecule has 0 saturated heterocycles. The van der Waals surface area contributed by atoms with E-state index < -0.39 is 10.8 Å². The monoisotopic (exact) mass is 295 g/mol. The molecule has 5 nitrogen and oxygen atoms in total. The molecule has 1 aliphatic heterocycles. The summed E-state index contributed by atoms with van der Waals surface area (Å²) in [6.07, 6.45) is 2.41. The number of hydrogen-bond acceptors (Lipinski definition) is 4. The van der Waals surface area contributed by atoms with E-state index in [2.05, 4.69) is 16.0 Å². The van der Waals surface area contributed by atoms with Gasteiger partial charge < -0.3 is 16.0 Å². The van der Waals surface area contributed by atoms with E-state index in [-0.39, 0.29) is 11.2 Å². The van der Waals surface area contributed by atoms with Crippen LogP contribution in [0, 0.1) is 0 Å². The molecule has 1 aromatic rings. The van der Waals surface area contributed by atoms with Gasteiger partial charge in [0.15, 0.2) is 0 Å². The lowest BCUT2D eigenvalue weighted by molar-refractivity contribution is 0.0953. The minimum Gasteiger partial charge on any atom is -0.382 e. The van der Waals surface area contributed by atoms with Gasteiger partial charge >= 0.3 is 0 Å². The van der Waals surface area contributed by atoms with Gasteiger partial charge in [0.25, 0.3) is 5.91 Å². The van der Waals surface area contributed by atoms with E-state index in [0.717, 1.165) is 30.9 Å². The van der Waals surface area contributed by atoms with Crippen LogP contribution in [0.2, 0.25) is 0 Å². The molecule has 0 fully saturated rings. The van der Waals surface area contributed by atoms with Gasteiger partial charge in [-0.2, -0.15) is 0 Å². The molecule has 2 unspecified atom stereocenters. The predicted octanol–water partition coefficient (Wildman–Crippen LogP) is 1.41. The van der Waals surface area contributed by atoms with Crippen LogP contribution in [0.1, 0.15) is 23.7 Å². The smallest absolute Gasteiger partial charge is 0.251 e. The van der Waals surface area contributed by atoms with E-state index >= 15 is 0 Å². The third-order valence-corrected chi connectivity index (χ3v) is 4.81. The standard InChI is InChI=1S/C14H21N3O2S/c1-10(20(2)19)5-6-17-14(18)11-3-4-12-13(9-11)16-8-7-15-12/h3-4,9-10,15-16H,5-8H2,1-2H3,(H,17,18). The maximum atomic E-state index is 12.0. The topological polar surface area (TPSA) is 70.2 Å². The van der Waals surface area contributed by atoms with Crippen LogP contribution in [-0.2, 0) is 10.8 Å². The maximum absolute atomic E-state index is 12.0. The SMILES string of the molecule is CC(CCNC(=O)c1ccc2c(c1)NCCN2)S(C)=O. The van der Waals surface area contributed by atoms with E-state index in [4.69, 9.17) is 0 Å². The Bertz CT molecular complexity index is 519. The van der Waals surface area contributed by atoms with Crippen LogP contribution in [0.15, 0.2) is 18.2 Å². The number of fused-ring (bicyclic) bond motifs is 1. The molecule has 2 atom stereocenters. The molecule has 1 heterocycles. The van der Waals surface area contributed by atoms with Gasteiger partial charge in [-0.15, -0.1) is 0 Å². The highest BCUT2D eigenvalue weighted by atomic mass is 32.2. The van der Waals surface area contributed by atoms with Crippen molar-refractivity contribution in [1.82, 2.24) is 5.32 Å². The van der Waals surface area contributed by atoms with Gasteiger partial charge in [0.2, 0.25) is 0 Å². The van der Waals surface area contributed by atoms with Crippen molar-refractivity contribution in [2.24, 2.45) is 0 Å². The number of nitrogens with one attached hydrogen (secondary N) is 3. The summed E-state index contributed by atoms with van der Waals surface area (Å²) in [5.41, 5.74) is 2.64. The molecule has 20 heavy (non-hydrogen) atoms. The number of hydrogen-bond donors (Lipinski definition) is 3. The molecule has 1 aliphatic rings. The summed E-state index contributed by atoms with van der Waals surface area (Å²) >= 11 is 0. The second kappa shape index (κ2) is 6.74. The zero-order valence-corrected chi connectivity index (χ0v) is 12.7. The molecule has 6 heteroatoms. The van der Waals surface area contributed by atoms with E-state index in [9.17, 15) is 9.00 Å². The van der Waals surface area contributed by atoms with Crippen molar-refractivity contribution in [3.63, 3.8) is 0 Å². The number of rotatable bonds is 5. The lowest BCUT2D eigenvalue weighted by atomic mass is 10.1. The molecule has 1 amide bonds. The highest BCUT2D eigenvalue weighted by Gasteiger charge is 2.12. The summed E-state index contributed by atoms with van der Waals surface area (Å²) in [7, 11) is -0.841. The first-order valence-electron chi connectivity index (χ1n) is 6.80. The molecule has 3 N–H and O–H groups in total. The van der Waals surface area contributed by atoms with Crippen LogP contribution in [0.3, 0.4) is 0 Å². The zero-order chi connectivity index (χ0) is 14.5. The van der Waals surface area contributed by atoms with Crippen LogP contribution >= 0.6 is 0 Å². The quantitative estimate of drug-likeness (QED) is 0.768. The van der Waals surface area contributed by atoms with Crippen molar-refractivity contribution in [2.75, 3.05) is 36.5 Å². The Morgan fingerprint density at radius 3 is 2.75 bits per heavy atom. The second-order valence-corrected chi connectivity index (χ2v) is 6.77. The number of anilines is 2. The molecule has 0 aliphatic carbocycles. The average molecular weight is 295 g/mol. The number of carbonyl (C=O) groups excluding carboxylic acids is 1. The third-order valence-electron chi connectivity index (χ3n) is 3.44. The molecule has 2 rings (SSSR count). The van der Waals surface area contributed by atoms with Gasteiger partial charge in [-0.1, -0.05) is 6.92 Å². The summed E-state index contributed by atoms with van der Waals surface area (Å²) < 4.78 is 11.2. The fourth-order valence-corrected chi connectivity index (χ4v) is 2.49. The molecule has 110 valence electrons. The lowest BCUT2D eigenvalue weighted by Crippen LogP contribution is -2.28. The van der Waals surface area contributed by atoms with Gasteiger partial charge in [0.05, 0.1) is 11.4 Å². The fourth-order valence-electron chi connectivity index (χ4n) is 2.04.